The SMILES string of the molecule is COC/C(N)=C(\C=O)C=NCc1ccc(Cn2ccccc2=O)cc1. The number of aliphatic imine (C=N–C) groups is 1. The van der Waals surface area contributed by atoms with Crippen LogP contribution in [0.2, 0.25) is 0 Å². The fourth-order valence-electron chi connectivity index (χ4n) is 2.22. The molecule has 0 aliphatic rings. The van der Waals surface area contributed by atoms with E-state index in [-0.39, 0.29) is 12.2 Å². The van der Waals surface area contributed by atoms with Crippen molar-refractivity contribution >= 4 is 12.5 Å². The van der Waals surface area contributed by atoms with E-state index < -0.39 is 0 Å². The molecule has 0 atom stereocenters. The highest BCUT2D eigenvalue weighted by atomic mass is 16.5. The minimum Gasteiger partial charge on any atom is -0.400 e. The Morgan fingerprint density at radius 3 is 2.56 bits per heavy atom. The molecule has 0 fully saturated rings. The second-order valence-electron chi connectivity index (χ2n) is 5.48. The zero-order valence-electron chi connectivity index (χ0n) is 14.1. The standard InChI is InChI=1S/C19H21N3O3/c1-25-14-18(20)17(13-23)11-21-10-15-5-7-16(8-6-15)12-22-9-3-2-4-19(22)24/h2-9,11,13H,10,12,14,20H2,1H3/b18-17+,21-11?. The Morgan fingerprint density at radius 2 is 1.92 bits per heavy atom. The van der Waals surface area contributed by atoms with Crippen LogP contribution in [-0.4, -0.2) is 30.8 Å². The molecule has 0 bridgehead atoms. The quantitative estimate of drug-likeness (QED) is 0.449. The van der Waals surface area contributed by atoms with Gasteiger partial charge in [-0.1, -0.05) is 30.3 Å². The molecule has 130 valence electrons. The molecule has 0 radical (unpaired) electrons. The van der Waals surface area contributed by atoms with Crippen LogP contribution in [-0.2, 0) is 22.6 Å². The van der Waals surface area contributed by atoms with E-state index in [1.165, 1.54) is 19.4 Å². The number of carbonyl (C=O) groups is 1. The number of allylic oxidation sites excluding steroid dienone is 1. The minimum absolute atomic E-state index is 0.0296. The zero-order valence-corrected chi connectivity index (χ0v) is 14.1. The van der Waals surface area contributed by atoms with Crippen molar-refractivity contribution in [3.05, 3.63) is 81.4 Å². The first kappa shape index (κ1) is 18.4. The minimum atomic E-state index is -0.0296. The van der Waals surface area contributed by atoms with Gasteiger partial charge in [0.15, 0.2) is 6.29 Å². The summed E-state index contributed by atoms with van der Waals surface area (Å²) in [5.41, 5.74) is 8.39. The van der Waals surface area contributed by atoms with E-state index >= 15 is 0 Å². The van der Waals surface area contributed by atoms with Gasteiger partial charge in [0.25, 0.3) is 5.56 Å². The number of hydrogen-bond acceptors (Lipinski definition) is 5. The van der Waals surface area contributed by atoms with Crippen molar-refractivity contribution in [1.29, 1.82) is 0 Å². The molecule has 0 aliphatic carbocycles. The Morgan fingerprint density at radius 1 is 1.20 bits per heavy atom. The molecule has 6 heteroatoms. The summed E-state index contributed by atoms with van der Waals surface area (Å²) in [6.07, 6.45) is 3.88. The second-order valence-corrected chi connectivity index (χ2v) is 5.48. The van der Waals surface area contributed by atoms with E-state index in [2.05, 4.69) is 4.99 Å². The van der Waals surface area contributed by atoms with Crippen LogP contribution in [0.3, 0.4) is 0 Å². The zero-order chi connectivity index (χ0) is 18.1. The lowest BCUT2D eigenvalue weighted by atomic mass is 10.1. The van der Waals surface area contributed by atoms with Gasteiger partial charge in [-0.15, -0.1) is 0 Å². The van der Waals surface area contributed by atoms with Gasteiger partial charge in [0.1, 0.15) is 0 Å². The van der Waals surface area contributed by atoms with Crippen molar-refractivity contribution in [2.75, 3.05) is 13.7 Å². The van der Waals surface area contributed by atoms with Crippen LogP contribution in [0, 0.1) is 0 Å². The Balaban J connectivity index is 2.00. The average molecular weight is 339 g/mol. The number of nitrogens with two attached hydrogens (primary N) is 1. The number of carbonyl (C=O) groups excluding carboxylic acids is 1. The highest BCUT2D eigenvalue weighted by molar-refractivity contribution is 6.02. The lowest BCUT2D eigenvalue weighted by Gasteiger charge is -2.06. The molecule has 0 spiro atoms. The third-order valence-electron chi connectivity index (χ3n) is 3.58. The maximum absolute atomic E-state index is 11.7. The van der Waals surface area contributed by atoms with Gasteiger partial charge in [0.2, 0.25) is 0 Å². The molecule has 25 heavy (non-hydrogen) atoms. The summed E-state index contributed by atoms with van der Waals surface area (Å²) in [7, 11) is 1.51. The van der Waals surface area contributed by atoms with Crippen LogP contribution in [0.15, 0.2) is 69.7 Å². The molecule has 0 saturated heterocycles. The molecule has 0 amide bonds. The molecule has 0 aliphatic heterocycles. The first-order valence-corrected chi connectivity index (χ1v) is 7.80. The maximum atomic E-state index is 11.7. The number of hydrogen-bond donors (Lipinski definition) is 1. The molecule has 2 aromatic rings. The fraction of sp³-hybridized carbons (Fsp3) is 0.211. The van der Waals surface area contributed by atoms with Gasteiger partial charge in [-0.25, -0.2) is 0 Å². The number of rotatable bonds is 8. The summed E-state index contributed by atoms with van der Waals surface area (Å²) in [4.78, 5) is 27.0. The monoisotopic (exact) mass is 339 g/mol. The third-order valence-corrected chi connectivity index (χ3v) is 3.58. The summed E-state index contributed by atoms with van der Waals surface area (Å²) in [5, 5.41) is 0. The number of nitrogens with zero attached hydrogens (tertiary/aromatic N) is 2. The number of ether oxygens (including phenoxy) is 1. The van der Waals surface area contributed by atoms with E-state index in [9.17, 15) is 9.59 Å². The summed E-state index contributed by atoms with van der Waals surface area (Å²) in [6.45, 7) is 1.14. The first-order valence-electron chi connectivity index (χ1n) is 7.80. The lowest BCUT2D eigenvalue weighted by Crippen LogP contribution is -2.18. The maximum Gasteiger partial charge on any atom is 0.250 e. The third kappa shape index (κ3) is 5.54. The van der Waals surface area contributed by atoms with Crippen LogP contribution in [0.25, 0.3) is 0 Å². The normalized spacial score (nSPS) is 12.2. The highest BCUT2D eigenvalue weighted by Gasteiger charge is 2.00. The molecular weight excluding hydrogens is 318 g/mol. The molecule has 1 heterocycles. The largest absolute Gasteiger partial charge is 0.400 e. The van der Waals surface area contributed by atoms with E-state index in [4.69, 9.17) is 10.5 Å². The predicted molar refractivity (Wildman–Crippen MR) is 97.6 cm³/mol. The van der Waals surface area contributed by atoms with E-state index in [1.54, 1.807) is 16.8 Å². The topological polar surface area (TPSA) is 86.7 Å². The molecule has 0 unspecified atom stereocenters. The van der Waals surface area contributed by atoms with Crippen molar-refractivity contribution in [3.8, 4) is 0 Å². The molecule has 2 N–H and O–H groups in total. The molecule has 2 rings (SSSR count). The van der Waals surface area contributed by atoms with Crippen molar-refractivity contribution < 1.29 is 9.53 Å². The van der Waals surface area contributed by atoms with Gasteiger partial charge < -0.3 is 15.0 Å². The van der Waals surface area contributed by atoms with Crippen LogP contribution >= 0.6 is 0 Å². The smallest absolute Gasteiger partial charge is 0.250 e. The highest BCUT2D eigenvalue weighted by Crippen LogP contribution is 2.07. The second kappa shape index (κ2) is 9.34. The molecule has 1 aromatic heterocycles. The Labute approximate surface area is 146 Å². The number of aldehydes is 1. The number of benzene rings is 1. The van der Waals surface area contributed by atoms with Gasteiger partial charge >= 0.3 is 0 Å². The Bertz CT molecular complexity index is 820. The van der Waals surface area contributed by atoms with Crippen LogP contribution in [0.4, 0.5) is 0 Å². The van der Waals surface area contributed by atoms with Crippen molar-refractivity contribution in [2.24, 2.45) is 10.7 Å². The van der Waals surface area contributed by atoms with Crippen LogP contribution in [0.1, 0.15) is 11.1 Å². The van der Waals surface area contributed by atoms with Crippen molar-refractivity contribution in [2.45, 2.75) is 13.1 Å². The fourth-order valence-corrected chi connectivity index (χ4v) is 2.22. The number of pyridine rings is 1. The van der Waals surface area contributed by atoms with E-state index in [1.807, 2.05) is 30.3 Å². The number of aromatic nitrogens is 1. The van der Waals surface area contributed by atoms with Gasteiger partial charge in [-0.2, -0.15) is 0 Å². The van der Waals surface area contributed by atoms with Gasteiger partial charge in [0, 0.05) is 31.3 Å². The summed E-state index contributed by atoms with van der Waals surface area (Å²) >= 11 is 0. The Hall–Kier alpha value is -2.99. The number of methoxy groups -OCH3 is 1. The average Bonchev–Trinajstić information content (AvgIpc) is 2.62. The van der Waals surface area contributed by atoms with E-state index in [0.29, 0.717) is 30.6 Å². The van der Waals surface area contributed by atoms with Crippen LogP contribution in [0.5, 0.6) is 0 Å². The predicted octanol–water partition coefficient (Wildman–Crippen LogP) is 1.53. The summed E-state index contributed by atoms with van der Waals surface area (Å²) in [5.74, 6) is 0. The van der Waals surface area contributed by atoms with Crippen LogP contribution < -0.4 is 11.3 Å². The van der Waals surface area contributed by atoms with E-state index in [0.717, 1.165) is 11.1 Å². The molecule has 6 nitrogen and oxygen atoms in total. The van der Waals surface area contributed by atoms with Crippen molar-refractivity contribution in [3.63, 3.8) is 0 Å². The van der Waals surface area contributed by atoms with Crippen molar-refractivity contribution in [1.82, 2.24) is 4.57 Å². The van der Waals surface area contributed by atoms with Gasteiger partial charge in [0.05, 0.1) is 25.3 Å². The van der Waals surface area contributed by atoms with Gasteiger partial charge in [-0.05, 0) is 17.2 Å². The molecule has 0 saturated carbocycles. The molecule has 1 aromatic carbocycles. The Kier molecular flexibility index (Phi) is 6.86. The van der Waals surface area contributed by atoms with Gasteiger partial charge in [-0.3, -0.25) is 14.6 Å². The first-order chi connectivity index (χ1) is 12.1. The summed E-state index contributed by atoms with van der Waals surface area (Å²) < 4.78 is 6.54. The molecular formula is C19H21N3O3. The lowest BCUT2D eigenvalue weighted by molar-refractivity contribution is -0.104. The summed E-state index contributed by atoms with van der Waals surface area (Å²) in [6, 6.07) is 12.9.